The summed E-state index contributed by atoms with van der Waals surface area (Å²) < 4.78 is 0. The fraction of sp³-hybridized carbons (Fsp3) is 0.923. The van der Waals surface area contributed by atoms with E-state index >= 15 is 0 Å². The molecule has 0 radical (unpaired) electrons. The molecule has 1 atom stereocenters. The smallest absolute Gasteiger partial charge is 0.320 e. The van der Waals surface area contributed by atoms with Gasteiger partial charge in [-0.05, 0) is 56.9 Å². The molecule has 0 amide bonds. The van der Waals surface area contributed by atoms with Crippen molar-refractivity contribution in [3.8, 4) is 0 Å². The Hall–Kier alpha value is -0.570. The second-order valence-electron chi connectivity index (χ2n) is 5.49. The van der Waals surface area contributed by atoms with Crippen molar-refractivity contribution < 1.29 is 9.90 Å². The van der Waals surface area contributed by atoms with E-state index in [-0.39, 0.29) is 0 Å². The van der Waals surface area contributed by atoms with E-state index in [1.165, 1.54) is 25.7 Å². The van der Waals surface area contributed by atoms with Gasteiger partial charge in [0, 0.05) is 0 Å². The molecule has 0 aromatic carbocycles. The van der Waals surface area contributed by atoms with Gasteiger partial charge in [0.1, 0.15) is 6.04 Å². The highest BCUT2D eigenvalue weighted by atomic mass is 16.4. The van der Waals surface area contributed by atoms with Crippen LogP contribution in [0, 0.1) is 17.8 Å². The molecule has 1 aliphatic carbocycles. The zero-order valence-corrected chi connectivity index (χ0v) is 10.7. The first-order chi connectivity index (χ1) is 7.50. The Morgan fingerprint density at radius 1 is 1.25 bits per heavy atom. The van der Waals surface area contributed by atoms with E-state index in [2.05, 4.69) is 19.2 Å². The van der Waals surface area contributed by atoms with Gasteiger partial charge in [0.25, 0.3) is 0 Å². The maximum Gasteiger partial charge on any atom is 0.320 e. The zero-order valence-electron chi connectivity index (χ0n) is 10.7. The molecule has 16 heavy (non-hydrogen) atoms. The molecule has 94 valence electrons. The molecule has 3 heteroatoms. The molecule has 0 aliphatic heterocycles. The molecule has 0 heterocycles. The van der Waals surface area contributed by atoms with Crippen molar-refractivity contribution in [1.82, 2.24) is 5.32 Å². The average Bonchev–Trinajstić information content (AvgIpc) is 2.26. The van der Waals surface area contributed by atoms with Gasteiger partial charge in [-0.15, -0.1) is 0 Å². The summed E-state index contributed by atoms with van der Waals surface area (Å²) in [6.45, 7) is 7.17. The number of hydrogen-bond acceptors (Lipinski definition) is 2. The van der Waals surface area contributed by atoms with Crippen LogP contribution in [0.1, 0.15) is 46.5 Å². The van der Waals surface area contributed by atoms with Crippen molar-refractivity contribution in [3.05, 3.63) is 0 Å². The van der Waals surface area contributed by atoms with Crippen LogP contribution in [-0.4, -0.2) is 23.7 Å². The van der Waals surface area contributed by atoms with Crippen LogP contribution < -0.4 is 5.32 Å². The monoisotopic (exact) mass is 227 g/mol. The quantitative estimate of drug-likeness (QED) is 0.758. The highest BCUT2D eigenvalue weighted by Gasteiger charge is 2.23. The standard InChI is InChI=1S/C13H25NO2/c1-9(2)12-6-4-11(5-7-12)8-14-10(3)13(15)16/h9-12,14H,4-8H2,1-3H3,(H,15,16)/t10-,11?,12?/m1/s1. The fourth-order valence-corrected chi connectivity index (χ4v) is 2.49. The Bertz CT molecular complexity index is 220. The number of nitrogens with one attached hydrogen (secondary N) is 1. The summed E-state index contributed by atoms with van der Waals surface area (Å²) in [5.41, 5.74) is 0. The van der Waals surface area contributed by atoms with Gasteiger partial charge < -0.3 is 10.4 Å². The highest BCUT2D eigenvalue weighted by molar-refractivity contribution is 5.72. The number of carboxylic acids is 1. The van der Waals surface area contributed by atoms with Crippen LogP contribution >= 0.6 is 0 Å². The Morgan fingerprint density at radius 2 is 1.81 bits per heavy atom. The number of carboxylic acid groups (broad SMARTS) is 1. The summed E-state index contributed by atoms with van der Waals surface area (Å²) in [5, 5.41) is 11.9. The molecule has 0 aromatic rings. The largest absolute Gasteiger partial charge is 0.480 e. The third kappa shape index (κ3) is 4.12. The van der Waals surface area contributed by atoms with Gasteiger partial charge in [-0.25, -0.2) is 0 Å². The van der Waals surface area contributed by atoms with Crippen LogP contribution in [0.2, 0.25) is 0 Å². The summed E-state index contributed by atoms with van der Waals surface area (Å²) >= 11 is 0. The molecule has 0 unspecified atom stereocenters. The van der Waals surface area contributed by atoms with Gasteiger partial charge in [0.05, 0.1) is 0 Å². The van der Waals surface area contributed by atoms with Gasteiger partial charge in [0.15, 0.2) is 0 Å². The number of hydrogen-bond donors (Lipinski definition) is 2. The first kappa shape index (κ1) is 13.5. The van der Waals surface area contributed by atoms with Crippen molar-refractivity contribution in [2.75, 3.05) is 6.54 Å². The molecule has 1 aliphatic rings. The van der Waals surface area contributed by atoms with Crippen molar-refractivity contribution in [2.24, 2.45) is 17.8 Å². The lowest BCUT2D eigenvalue weighted by Crippen LogP contribution is -2.38. The Morgan fingerprint density at radius 3 is 2.25 bits per heavy atom. The van der Waals surface area contributed by atoms with E-state index in [1.54, 1.807) is 6.92 Å². The topological polar surface area (TPSA) is 49.3 Å². The van der Waals surface area contributed by atoms with Gasteiger partial charge in [-0.2, -0.15) is 0 Å². The summed E-state index contributed by atoms with van der Waals surface area (Å²) in [6, 6.07) is -0.414. The second-order valence-corrected chi connectivity index (χ2v) is 5.49. The third-order valence-corrected chi connectivity index (χ3v) is 3.92. The van der Waals surface area contributed by atoms with E-state index in [1.807, 2.05) is 0 Å². The summed E-state index contributed by atoms with van der Waals surface area (Å²) in [5.74, 6) is 1.60. The van der Waals surface area contributed by atoms with Crippen molar-refractivity contribution in [2.45, 2.75) is 52.5 Å². The number of aliphatic carboxylic acids is 1. The Balaban J connectivity index is 2.20. The minimum atomic E-state index is -0.754. The fourth-order valence-electron chi connectivity index (χ4n) is 2.49. The van der Waals surface area contributed by atoms with Crippen LogP contribution in [0.3, 0.4) is 0 Å². The van der Waals surface area contributed by atoms with Crippen molar-refractivity contribution in [1.29, 1.82) is 0 Å². The predicted octanol–water partition coefficient (Wildman–Crippen LogP) is 2.51. The van der Waals surface area contributed by atoms with Gasteiger partial charge in [-0.1, -0.05) is 13.8 Å². The average molecular weight is 227 g/mol. The zero-order chi connectivity index (χ0) is 12.1. The molecule has 1 saturated carbocycles. The molecule has 0 spiro atoms. The van der Waals surface area contributed by atoms with Crippen molar-refractivity contribution >= 4 is 5.97 Å². The molecule has 1 fully saturated rings. The van der Waals surface area contributed by atoms with E-state index in [0.29, 0.717) is 5.92 Å². The maximum atomic E-state index is 10.7. The normalized spacial score (nSPS) is 28.0. The second kappa shape index (κ2) is 6.24. The molecule has 2 N–H and O–H groups in total. The molecule has 0 bridgehead atoms. The molecule has 1 rings (SSSR count). The summed E-state index contributed by atoms with van der Waals surface area (Å²) in [4.78, 5) is 10.7. The predicted molar refractivity (Wildman–Crippen MR) is 65.4 cm³/mol. The lowest BCUT2D eigenvalue weighted by Gasteiger charge is -2.31. The third-order valence-electron chi connectivity index (χ3n) is 3.92. The lowest BCUT2D eigenvalue weighted by atomic mass is 9.77. The van der Waals surface area contributed by atoms with E-state index in [4.69, 9.17) is 5.11 Å². The van der Waals surface area contributed by atoms with Crippen LogP contribution in [0.4, 0.5) is 0 Å². The maximum absolute atomic E-state index is 10.7. The SMILES string of the molecule is CC(C)C1CCC(CN[C@H](C)C(=O)O)CC1. The molecule has 0 saturated heterocycles. The van der Waals surface area contributed by atoms with Crippen LogP contribution in [0.25, 0.3) is 0 Å². The molecular weight excluding hydrogens is 202 g/mol. The molecule has 0 aromatic heterocycles. The number of carbonyl (C=O) groups is 1. The summed E-state index contributed by atoms with van der Waals surface area (Å²) in [6.07, 6.45) is 5.13. The summed E-state index contributed by atoms with van der Waals surface area (Å²) in [7, 11) is 0. The minimum Gasteiger partial charge on any atom is -0.480 e. The van der Waals surface area contributed by atoms with E-state index in [9.17, 15) is 4.79 Å². The molecule has 3 nitrogen and oxygen atoms in total. The van der Waals surface area contributed by atoms with E-state index in [0.717, 1.165) is 18.4 Å². The van der Waals surface area contributed by atoms with Gasteiger partial charge in [-0.3, -0.25) is 4.79 Å². The van der Waals surface area contributed by atoms with Crippen LogP contribution in [0.15, 0.2) is 0 Å². The van der Waals surface area contributed by atoms with Gasteiger partial charge in [0.2, 0.25) is 0 Å². The van der Waals surface area contributed by atoms with E-state index < -0.39 is 12.0 Å². The Kier molecular flexibility index (Phi) is 5.26. The van der Waals surface area contributed by atoms with Crippen LogP contribution in [-0.2, 0) is 4.79 Å². The minimum absolute atomic E-state index is 0.414. The first-order valence-electron chi connectivity index (χ1n) is 6.47. The highest BCUT2D eigenvalue weighted by Crippen LogP contribution is 2.32. The number of rotatable bonds is 5. The Labute approximate surface area is 98.6 Å². The lowest BCUT2D eigenvalue weighted by molar-refractivity contribution is -0.139. The van der Waals surface area contributed by atoms with Crippen molar-refractivity contribution in [3.63, 3.8) is 0 Å². The van der Waals surface area contributed by atoms with Crippen LogP contribution in [0.5, 0.6) is 0 Å². The molecular formula is C13H25NO2. The van der Waals surface area contributed by atoms with Gasteiger partial charge >= 0.3 is 5.97 Å². The first-order valence-corrected chi connectivity index (χ1v) is 6.47.